The van der Waals surface area contributed by atoms with Crippen LogP contribution in [0, 0.1) is 0 Å². The fraction of sp³-hybridized carbons (Fsp3) is 0.136. The maximum Gasteiger partial charge on any atom is 0.233 e. The van der Waals surface area contributed by atoms with Gasteiger partial charge in [-0.2, -0.15) is 0 Å². The van der Waals surface area contributed by atoms with Gasteiger partial charge in [-0.3, -0.25) is 14.7 Å². The highest BCUT2D eigenvalue weighted by molar-refractivity contribution is 7.22. The van der Waals surface area contributed by atoms with Gasteiger partial charge in [-0.1, -0.05) is 35.1 Å². The van der Waals surface area contributed by atoms with Crippen molar-refractivity contribution in [3.8, 4) is 11.5 Å². The SMILES string of the molecule is O=C(Cc1ccc2c(c1)OCO2)N(Cc1cccnc1)c1nc2ccc(Cl)cc2s1. The topological polar surface area (TPSA) is 64.6 Å². The van der Waals surface area contributed by atoms with Gasteiger partial charge < -0.3 is 9.47 Å². The summed E-state index contributed by atoms with van der Waals surface area (Å²) >= 11 is 7.56. The third-order valence-corrected chi connectivity index (χ3v) is 6.00. The number of carbonyl (C=O) groups is 1. The zero-order valence-corrected chi connectivity index (χ0v) is 17.3. The van der Waals surface area contributed by atoms with E-state index in [0.717, 1.165) is 21.3 Å². The van der Waals surface area contributed by atoms with Crippen molar-refractivity contribution in [2.45, 2.75) is 13.0 Å². The molecule has 0 N–H and O–H groups in total. The number of rotatable bonds is 5. The van der Waals surface area contributed by atoms with Crippen molar-refractivity contribution in [1.29, 1.82) is 0 Å². The minimum absolute atomic E-state index is 0.0668. The van der Waals surface area contributed by atoms with Crippen LogP contribution in [0.1, 0.15) is 11.1 Å². The third-order valence-electron chi connectivity index (χ3n) is 4.73. The molecule has 4 aromatic rings. The van der Waals surface area contributed by atoms with Crippen molar-refractivity contribution in [1.82, 2.24) is 9.97 Å². The lowest BCUT2D eigenvalue weighted by atomic mass is 10.1. The van der Waals surface area contributed by atoms with Gasteiger partial charge in [0.15, 0.2) is 16.6 Å². The van der Waals surface area contributed by atoms with Crippen LogP contribution in [-0.2, 0) is 17.8 Å². The molecule has 6 nitrogen and oxygen atoms in total. The third kappa shape index (κ3) is 3.81. The Morgan fingerprint density at radius 3 is 2.87 bits per heavy atom. The average molecular weight is 438 g/mol. The monoisotopic (exact) mass is 437 g/mol. The Labute approximate surface area is 181 Å². The maximum absolute atomic E-state index is 13.3. The van der Waals surface area contributed by atoms with Crippen LogP contribution >= 0.6 is 22.9 Å². The number of fused-ring (bicyclic) bond motifs is 2. The molecule has 0 radical (unpaired) electrons. The van der Waals surface area contributed by atoms with Crippen LogP contribution in [0.5, 0.6) is 11.5 Å². The zero-order chi connectivity index (χ0) is 20.5. The molecule has 3 heterocycles. The summed E-state index contributed by atoms with van der Waals surface area (Å²) in [5.41, 5.74) is 2.59. The summed E-state index contributed by atoms with van der Waals surface area (Å²) in [6.45, 7) is 0.582. The van der Waals surface area contributed by atoms with Gasteiger partial charge in [-0.05, 0) is 47.5 Å². The van der Waals surface area contributed by atoms with Gasteiger partial charge in [-0.25, -0.2) is 4.98 Å². The van der Waals surface area contributed by atoms with Crippen molar-refractivity contribution in [3.05, 3.63) is 77.1 Å². The van der Waals surface area contributed by atoms with E-state index in [1.54, 1.807) is 23.4 Å². The molecule has 8 heteroatoms. The van der Waals surface area contributed by atoms with E-state index < -0.39 is 0 Å². The number of amides is 1. The summed E-state index contributed by atoms with van der Waals surface area (Å²) in [6, 6.07) is 14.9. The molecule has 0 atom stereocenters. The largest absolute Gasteiger partial charge is 0.454 e. The first-order valence-electron chi connectivity index (χ1n) is 9.29. The average Bonchev–Trinajstić information content (AvgIpc) is 3.38. The lowest BCUT2D eigenvalue weighted by Gasteiger charge is -2.20. The molecule has 1 aliphatic rings. The number of nitrogens with zero attached hydrogens (tertiary/aromatic N) is 3. The smallest absolute Gasteiger partial charge is 0.233 e. The summed E-state index contributed by atoms with van der Waals surface area (Å²) in [4.78, 5) is 23.9. The second kappa shape index (κ2) is 7.93. The van der Waals surface area contributed by atoms with E-state index in [1.165, 1.54) is 11.3 Å². The highest BCUT2D eigenvalue weighted by atomic mass is 35.5. The Bertz CT molecular complexity index is 1230. The molecule has 0 aliphatic carbocycles. The number of anilines is 1. The zero-order valence-electron chi connectivity index (χ0n) is 15.7. The molecule has 1 amide bonds. The van der Waals surface area contributed by atoms with Gasteiger partial charge >= 0.3 is 0 Å². The van der Waals surface area contributed by atoms with E-state index in [-0.39, 0.29) is 19.1 Å². The number of aromatic nitrogens is 2. The van der Waals surface area contributed by atoms with Crippen LogP contribution in [0.2, 0.25) is 5.02 Å². The number of benzene rings is 2. The highest BCUT2D eigenvalue weighted by Crippen LogP contribution is 2.34. The summed E-state index contributed by atoms with van der Waals surface area (Å²) in [5.74, 6) is 1.29. The first-order chi connectivity index (χ1) is 14.7. The van der Waals surface area contributed by atoms with Gasteiger partial charge in [-0.15, -0.1) is 0 Å². The number of carbonyl (C=O) groups excluding carboxylic acids is 1. The van der Waals surface area contributed by atoms with Crippen molar-refractivity contribution in [2.24, 2.45) is 0 Å². The quantitative estimate of drug-likeness (QED) is 0.446. The number of halogens is 1. The molecule has 2 aromatic carbocycles. The van der Waals surface area contributed by atoms with Crippen LogP contribution in [0.4, 0.5) is 5.13 Å². The van der Waals surface area contributed by atoms with E-state index in [2.05, 4.69) is 9.97 Å². The lowest BCUT2D eigenvalue weighted by Crippen LogP contribution is -2.31. The number of hydrogen-bond acceptors (Lipinski definition) is 6. The molecule has 5 rings (SSSR count). The number of ether oxygens (including phenoxy) is 2. The Balaban J connectivity index is 1.47. The highest BCUT2D eigenvalue weighted by Gasteiger charge is 2.22. The molecule has 150 valence electrons. The Hall–Kier alpha value is -3.16. The first-order valence-corrected chi connectivity index (χ1v) is 10.5. The maximum atomic E-state index is 13.3. The van der Waals surface area contributed by atoms with E-state index in [0.29, 0.717) is 28.2 Å². The second-order valence-corrected chi connectivity index (χ2v) is 8.26. The molecule has 0 saturated carbocycles. The predicted octanol–water partition coefficient (Wildman–Crippen LogP) is 4.85. The van der Waals surface area contributed by atoms with Gasteiger partial charge in [0.05, 0.1) is 23.2 Å². The van der Waals surface area contributed by atoms with Crippen molar-refractivity contribution >= 4 is 44.2 Å². The van der Waals surface area contributed by atoms with Crippen LogP contribution in [0.15, 0.2) is 60.9 Å². The molecule has 0 saturated heterocycles. The van der Waals surface area contributed by atoms with Gasteiger partial charge in [0, 0.05) is 17.4 Å². The van der Waals surface area contributed by atoms with Crippen LogP contribution in [-0.4, -0.2) is 22.7 Å². The van der Waals surface area contributed by atoms with E-state index in [4.69, 9.17) is 21.1 Å². The summed E-state index contributed by atoms with van der Waals surface area (Å²) in [7, 11) is 0. The van der Waals surface area contributed by atoms with Crippen molar-refractivity contribution in [2.75, 3.05) is 11.7 Å². The van der Waals surface area contributed by atoms with Crippen molar-refractivity contribution < 1.29 is 14.3 Å². The number of pyridine rings is 1. The minimum atomic E-state index is -0.0668. The minimum Gasteiger partial charge on any atom is -0.454 e. The number of hydrogen-bond donors (Lipinski definition) is 0. The van der Waals surface area contributed by atoms with E-state index >= 15 is 0 Å². The standard InChI is InChI=1S/C22H16ClN3O3S/c23-16-4-5-17-20(10-16)30-22(25-17)26(12-15-2-1-7-24-11-15)21(27)9-14-3-6-18-19(8-14)29-13-28-18/h1-8,10-11H,9,12-13H2. The van der Waals surface area contributed by atoms with Crippen LogP contribution in [0.3, 0.4) is 0 Å². The van der Waals surface area contributed by atoms with Crippen molar-refractivity contribution in [3.63, 3.8) is 0 Å². The molecule has 0 spiro atoms. The molecule has 0 bridgehead atoms. The lowest BCUT2D eigenvalue weighted by molar-refractivity contribution is -0.118. The molecule has 1 aliphatic heterocycles. The molecule has 0 unspecified atom stereocenters. The Morgan fingerprint density at radius 2 is 2.00 bits per heavy atom. The van der Waals surface area contributed by atoms with E-state index in [1.807, 2.05) is 42.5 Å². The summed E-state index contributed by atoms with van der Waals surface area (Å²) < 4.78 is 11.7. The Kier molecular flexibility index (Phi) is 4.98. The summed E-state index contributed by atoms with van der Waals surface area (Å²) in [5, 5.41) is 1.27. The molecule has 30 heavy (non-hydrogen) atoms. The molecule has 2 aromatic heterocycles. The fourth-order valence-corrected chi connectivity index (χ4v) is 4.52. The number of thiazole rings is 1. The van der Waals surface area contributed by atoms with Gasteiger partial charge in [0.25, 0.3) is 0 Å². The predicted molar refractivity (Wildman–Crippen MR) is 116 cm³/mol. The van der Waals surface area contributed by atoms with Crippen LogP contribution < -0.4 is 14.4 Å². The van der Waals surface area contributed by atoms with Gasteiger partial charge in [0.1, 0.15) is 0 Å². The normalized spacial score (nSPS) is 12.3. The van der Waals surface area contributed by atoms with Gasteiger partial charge in [0.2, 0.25) is 12.7 Å². The second-order valence-electron chi connectivity index (χ2n) is 6.81. The Morgan fingerprint density at radius 1 is 1.10 bits per heavy atom. The van der Waals surface area contributed by atoms with E-state index in [9.17, 15) is 4.79 Å². The fourth-order valence-electron chi connectivity index (χ4n) is 3.26. The first kappa shape index (κ1) is 18.8. The molecular formula is C22H16ClN3O3S. The molecular weight excluding hydrogens is 422 g/mol. The molecule has 0 fully saturated rings. The van der Waals surface area contributed by atoms with Crippen LogP contribution in [0.25, 0.3) is 10.2 Å². The summed E-state index contributed by atoms with van der Waals surface area (Å²) in [6.07, 6.45) is 3.68.